The lowest BCUT2D eigenvalue weighted by Crippen LogP contribution is -2.52. The number of thiol groups is 1. The van der Waals surface area contributed by atoms with Crippen LogP contribution in [-0.4, -0.2) is 66.9 Å². The highest BCUT2D eigenvalue weighted by Gasteiger charge is 2.33. The first-order chi connectivity index (χ1) is 14.0. The van der Waals surface area contributed by atoms with Crippen molar-refractivity contribution in [2.45, 2.75) is 38.5 Å². The molecule has 0 saturated heterocycles. The van der Waals surface area contributed by atoms with E-state index in [1.165, 1.54) is 19.1 Å². The molecule has 10 heteroatoms. The van der Waals surface area contributed by atoms with Crippen molar-refractivity contribution in [2.24, 2.45) is 0 Å². The van der Waals surface area contributed by atoms with Gasteiger partial charge in [0, 0.05) is 12.8 Å². The number of ether oxygens (including phenoxy) is 2. The van der Waals surface area contributed by atoms with Crippen LogP contribution in [0.2, 0.25) is 0 Å². The molecule has 3 amide bonds. The third-order valence-corrected chi connectivity index (χ3v) is 4.27. The van der Waals surface area contributed by atoms with E-state index in [4.69, 9.17) is 4.74 Å². The maximum atomic E-state index is 13.0. The summed E-state index contributed by atoms with van der Waals surface area (Å²) in [7, 11) is 2.64. The monoisotopic (exact) mass is 439 g/mol. The second kappa shape index (κ2) is 11.4. The van der Waals surface area contributed by atoms with Gasteiger partial charge in [-0.1, -0.05) is 30.3 Å². The molecule has 0 aromatic heterocycles. The molecule has 2 unspecified atom stereocenters. The second-order valence-corrected chi connectivity index (χ2v) is 7.80. The average Bonchev–Trinajstić information content (AvgIpc) is 2.69. The van der Waals surface area contributed by atoms with Crippen molar-refractivity contribution in [1.29, 1.82) is 0 Å². The molecule has 2 atom stereocenters. The van der Waals surface area contributed by atoms with Crippen LogP contribution in [0.4, 0.5) is 4.79 Å². The van der Waals surface area contributed by atoms with E-state index in [0.29, 0.717) is 5.56 Å². The molecule has 9 nitrogen and oxygen atoms in total. The van der Waals surface area contributed by atoms with Crippen LogP contribution in [0.15, 0.2) is 30.3 Å². The molecule has 30 heavy (non-hydrogen) atoms. The zero-order chi connectivity index (χ0) is 22.9. The van der Waals surface area contributed by atoms with Gasteiger partial charge in [0.15, 0.2) is 0 Å². The number of likely N-dealkylation sites (N-methyl/N-ethyl adjacent to an activating group) is 1. The molecule has 0 heterocycles. The normalized spacial score (nSPS) is 12.9. The Kier molecular flexibility index (Phi) is 9.64. The number of hydrogen-bond donors (Lipinski definition) is 3. The minimum Gasteiger partial charge on any atom is -0.468 e. The van der Waals surface area contributed by atoms with Gasteiger partial charge in [-0.2, -0.15) is 12.6 Å². The molecular weight excluding hydrogens is 410 g/mol. The fourth-order valence-corrected chi connectivity index (χ4v) is 2.77. The van der Waals surface area contributed by atoms with Gasteiger partial charge in [0.25, 0.3) is 0 Å². The summed E-state index contributed by atoms with van der Waals surface area (Å²) in [5.74, 6) is -1.74. The molecule has 2 N–H and O–H groups in total. The van der Waals surface area contributed by atoms with Crippen LogP contribution in [0.5, 0.6) is 0 Å². The maximum Gasteiger partial charge on any atom is 0.408 e. The highest BCUT2D eigenvalue weighted by Crippen LogP contribution is 2.21. The van der Waals surface area contributed by atoms with Crippen molar-refractivity contribution in [2.75, 3.05) is 26.5 Å². The quantitative estimate of drug-likeness (QED) is 0.416. The first kappa shape index (κ1) is 25.3. The molecule has 0 spiro atoms. The van der Waals surface area contributed by atoms with Crippen LogP contribution in [0.3, 0.4) is 0 Å². The van der Waals surface area contributed by atoms with Gasteiger partial charge in [0.05, 0.1) is 7.11 Å². The second-order valence-electron chi connectivity index (χ2n) is 7.44. The molecule has 0 aliphatic heterocycles. The highest BCUT2D eigenvalue weighted by atomic mass is 32.1. The summed E-state index contributed by atoms with van der Waals surface area (Å²) in [6, 6.07) is 6.53. The van der Waals surface area contributed by atoms with Crippen molar-refractivity contribution in [3.05, 3.63) is 35.9 Å². The third kappa shape index (κ3) is 7.94. The molecule has 0 aliphatic carbocycles. The largest absolute Gasteiger partial charge is 0.468 e. The summed E-state index contributed by atoms with van der Waals surface area (Å²) in [6.45, 7) is 4.76. The fourth-order valence-electron chi connectivity index (χ4n) is 2.52. The molecule has 0 radical (unpaired) electrons. The summed E-state index contributed by atoms with van der Waals surface area (Å²) < 4.78 is 9.71. The fraction of sp³-hybridized carbons (Fsp3) is 0.500. The molecule has 1 rings (SSSR count). The number of benzene rings is 1. The molecule has 0 fully saturated rings. The molecule has 0 saturated carbocycles. The lowest BCUT2D eigenvalue weighted by molar-refractivity contribution is -0.143. The number of hydrogen-bond acceptors (Lipinski definition) is 7. The third-order valence-electron chi connectivity index (χ3n) is 3.90. The van der Waals surface area contributed by atoms with Gasteiger partial charge in [-0.15, -0.1) is 0 Å². The van der Waals surface area contributed by atoms with Gasteiger partial charge in [-0.25, -0.2) is 4.79 Å². The van der Waals surface area contributed by atoms with E-state index >= 15 is 0 Å². The molecule has 1 aromatic carbocycles. The Hall–Kier alpha value is -2.75. The van der Waals surface area contributed by atoms with E-state index in [1.807, 2.05) is 0 Å². The standard InChI is InChI=1S/C20H29N3O6S/c1-20(2,3)29-19(27)22-14(12-30)18(26)23(4)16(13-9-7-6-8-10-13)17(25)21-11-15(24)28-5/h6-10,14,16,30H,11-12H2,1-5H3,(H,21,25)(H,22,27). The zero-order valence-corrected chi connectivity index (χ0v) is 18.7. The highest BCUT2D eigenvalue weighted by molar-refractivity contribution is 7.80. The number of rotatable bonds is 8. The van der Waals surface area contributed by atoms with E-state index in [2.05, 4.69) is 28.0 Å². The smallest absolute Gasteiger partial charge is 0.408 e. The van der Waals surface area contributed by atoms with Crippen molar-refractivity contribution in [3.63, 3.8) is 0 Å². The number of carbonyl (C=O) groups is 4. The zero-order valence-electron chi connectivity index (χ0n) is 17.8. The van der Waals surface area contributed by atoms with Gasteiger partial charge in [0.1, 0.15) is 24.2 Å². The molecular formula is C20H29N3O6S. The van der Waals surface area contributed by atoms with E-state index in [1.54, 1.807) is 51.1 Å². The van der Waals surface area contributed by atoms with Gasteiger partial charge in [-0.3, -0.25) is 14.4 Å². The van der Waals surface area contributed by atoms with Gasteiger partial charge in [-0.05, 0) is 26.3 Å². The first-order valence-corrected chi connectivity index (χ1v) is 9.90. The van der Waals surface area contributed by atoms with Gasteiger partial charge < -0.3 is 25.0 Å². The van der Waals surface area contributed by atoms with Crippen molar-refractivity contribution >= 4 is 36.5 Å². The Labute approximate surface area is 181 Å². The van der Waals surface area contributed by atoms with E-state index in [9.17, 15) is 19.2 Å². The number of nitrogens with one attached hydrogen (secondary N) is 2. The number of methoxy groups -OCH3 is 1. The maximum absolute atomic E-state index is 13.0. The Morgan fingerprint density at radius 1 is 1.13 bits per heavy atom. The van der Waals surface area contributed by atoms with Crippen LogP contribution < -0.4 is 10.6 Å². The van der Waals surface area contributed by atoms with Crippen LogP contribution in [0.1, 0.15) is 32.4 Å². The SMILES string of the molecule is COC(=O)CNC(=O)C(c1ccccc1)N(C)C(=O)C(CS)NC(=O)OC(C)(C)C. The van der Waals surface area contributed by atoms with E-state index in [-0.39, 0.29) is 12.3 Å². The lowest BCUT2D eigenvalue weighted by atomic mass is 10.0. The topological polar surface area (TPSA) is 114 Å². The Morgan fingerprint density at radius 3 is 2.23 bits per heavy atom. The number of nitrogens with zero attached hydrogens (tertiary/aromatic N) is 1. The van der Waals surface area contributed by atoms with Crippen LogP contribution in [0.25, 0.3) is 0 Å². The molecule has 1 aromatic rings. The Bertz CT molecular complexity index is 751. The minimum atomic E-state index is -1.04. The minimum absolute atomic E-state index is 0.00624. The van der Waals surface area contributed by atoms with Crippen LogP contribution >= 0.6 is 12.6 Å². The van der Waals surface area contributed by atoms with Gasteiger partial charge >= 0.3 is 12.1 Å². The molecule has 0 bridgehead atoms. The van der Waals surface area contributed by atoms with Crippen molar-refractivity contribution in [3.8, 4) is 0 Å². The summed E-state index contributed by atoms with van der Waals surface area (Å²) in [5.41, 5.74) is -0.202. The summed E-state index contributed by atoms with van der Waals surface area (Å²) in [5, 5.41) is 4.93. The van der Waals surface area contributed by atoms with Crippen LogP contribution in [0, 0.1) is 0 Å². The van der Waals surface area contributed by atoms with Gasteiger partial charge in [0.2, 0.25) is 11.8 Å². The summed E-state index contributed by atoms with van der Waals surface area (Å²) in [4.78, 5) is 50.5. The Morgan fingerprint density at radius 2 is 1.73 bits per heavy atom. The van der Waals surface area contributed by atoms with Crippen molar-refractivity contribution < 1.29 is 28.7 Å². The van der Waals surface area contributed by atoms with Crippen LogP contribution in [-0.2, 0) is 23.9 Å². The number of carbonyl (C=O) groups excluding carboxylic acids is 4. The Balaban J connectivity index is 3.04. The lowest BCUT2D eigenvalue weighted by Gasteiger charge is -2.31. The van der Waals surface area contributed by atoms with Crippen molar-refractivity contribution in [1.82, 2.24) is 15.5 Å². The molecule has 166 valence electrons. The summed E-state index contributed by atoms with van der Waals surface area (Å²) in [6.07, 6.45) is -0.769. The predicted molar refractivity (Wildman–Crippen MR) is 114 cm³/mol. The average molecular weight is 440 g/mol. The molecule has 0 aliphatic rings. The number of alkyl carbamates (subject to hydrolysis) is 1. The van der Waals surface area contributed by atoms with E-state index < -0.39 is 41.6 Å². The summed E-state index contributed by atoms with van der Waals surface area (Å²) >= 11 is 4.14. The first-order valence-electron chi connectivity index (χ1n) is 9.26. The number of esters is 1. The number of amides is 3. The van der Waals surface area contributed by atoms with E-state index in [0.717, 1.165) is 0 Å². The predicted octanol–water partition coefficient (Wildman–Crippen LogP) is 1.30.